The average molecular weight is 400 g/mol. The molecule has 0 aromatic heterocycles. The maximum atomic E-state index is 13.3. The van der Waals surface area contributed by atoms with Gasteiger partial charge < -0.3 is 10.4 Å². The minimum atomic E-state index is -0.476. The van der Waals surface area contributed by atoms with E-state index in [0.717, 1.165) is 68.1 Å². The molecule has 6 aliphatic rings. The number of anilines is 1. The van der Waals surface area contributed by atoms with E-state index >= 15 is 0 Å². The van der Waals surface area contributed by atoms with E-state index < -0.39 is 5.60 Å². The Morgan fingerprint density at radius 2 is 1.79 bits per heavy atom. The van der Waals surface area contributed by atoms with Gasteiger partial charge in [-0.1, -0.05) is 27.7 Å². The van der Waals surface area contributed by atoms with Gasteiger partial charge in [-0.05, 0) is 50.4 Å². The van der Waals surface area contributed by atoms with Gasteiger partial charge in [-0.25, -0.2) is 14.8 Å². The molecule has 1 atom stereocenters. The van der Waals surface area contributed by atoms with E-state index in [1.54, 1.807) is 0 Å². The van der Waals surface area contributed by atoms with Crippen LogP contribution in [-0.2, 0) is 18.5 Å². The number of fused-ring (bicyclic) bond motifs is 6. The highest BCUT2D eigenvalue weighted by molar-refractivity contribution is 5.70. The zero-order valence-electron chi connectivity index (χ0n) is 18.1. The van der Waals surface area contributed by atoms with Crippen LogP contribution in [0.3, 0.4) is 0 Å². The summed E-state index contributed by atoms with van der Waals surface area (Å²) in [4.78, 5) is 23.4. The molecule has 7 nitrogen and oxygen atoms in total. The zero-order valence-corrected chi connectivity index (χ0v) is 18.1. The van der Waals surface area contributed by atoms with Crippen LogP contribution in [0.4, 0.5) is 5.82 Å². The summed E-state index contributed by atoms with van der Waals surface area (Å²) in [7, 11) is 0. The van der Waals surface area contributed by atoms with Gasteiger partial charge in [-0.15, -0.1) is 0 Å². The van der Waals surface area contributed by atoms with Crippen LogP contribution >= 0.6 is 0 Å². The molecular formula is C22H33N5O2. The molecule has 0 spiro atoms. The molecule has 3 heterocycles. The van der Waals surface area contributed by atoms with Gasteiger partial charge in [0.15, 0.2) is 5.82 Å². The molecule has 7 heteroatoms. The van der Waals surface area contributed by atoms with Crippen molar-refractivity contribution in [2.24, 2.45) is 5.41 Å². The van der Waals surface area contributed by atoms with Crippen LogP contribution in [0, 0.1) is 5.41 Å². The number of hydrogen-bond donors (Lipinski definition) is 2. The Labute approximate surface area is 171 Å². The first-order valence-corrected chi connectivity index (χ1v) is 11.2. The van der Waals surface area contributed by atoms with Crippen molar-refractivity contribution in [3.8, 4) is 11.5 Å². The van der Waals surface area contributed by atoms with Crippen LogP contribution in [0.15, 0.2) is 4.79 Å². The highest BCUT2D eigenvalue weighted by atomic mass is 16.3. The number of nitrogens with zero attached hydrogens (tertiary/aromatic N) is 4. The first-order chi connectivity index (χ1) is 13.7. The monoisotopic (exact) mass is 399 g/mol. The Kier molecular flexibility index (Phi) is 3.99. The minimum Gasteiger partial charge on any atom is -0.390 e. The largest absolute Gasteiger partial charge is 0.390 e. The third kappa shape index (κ3) is 2.76. The number of aliphatic hydroxyl groups is 1. The van der Waals surface area contributed by atoms with Gasteiger partial charge in [0.25, 0.3) is 0 Å². The van der Waals surface area contributed by atoms with Crippen LogP contribution in [0.2, 0.25) is 0 Å². The Bertz CT molecular complexity index is 958. The van der Waals surface area contributed by atoms with E-state index in [0.29, 0.717) is 13.1 Å². The number of hydrogen-bond acceptors (Lipinski definition) is 5. The summed E-state index contributed by atoms with van der Waals surface area (Å²) in [6.45, 7) is 10.0. The summed E-state index contributed by atoms with van der Waals surface area (Å²) in [5.41, 5.74) is 0.367. The molecule has 0 saturated heterocycles. The molecule has 3 saturated carbocycles. The third-order valence-corrected chi connectivity index (χ3v) is 7.70. The lowest BCUT2D eigenvalue weighted by atomic mass is 9.58. The second kappa shape index (κ2) is 6.06. The van der Waals surface area contributed by atoms with Crippen molar-refractivity contribution in [2.45, 2.75) is 103 Å². The molecule has 3 aliphatic heterocycles. The minimum absolute atomic E-state index is 0.0132. The molecule has 158 valence electrons. The van der Waals surface area contributed by atoms with Gasteiger partial charge in [0.2, 0.25) is 0 Å². The first kappa shape index (κ1) is 19.1. The Morgan fingerprint density at radius 3 is 2.38 bits per heavy atom. The van der Waals surface area contributed by atoms with E-state index in [4.69, 9.17) is 9.97 Å². The zero-order chi connectivity index (χ0) is 20.6. The maximum Gasteiger partial charge on any atom is 0.331 e. The molecule has 0 unspecified atom stereocenters. The standard InChI is InChI=1S/C22H33N5O2/c1-5-12-26-17-15(16-23-14(20(2,3)4)13-27(16)19(26)28)24-18(25-17)21-6-9-22(29,10-7-21)11-8-21/h14,23,29H,5-13H2,1-4H3/t14-,21?,22?/m0/s1. The van der Waals surface area contributed by atoms with E-state index in [1.807, 2.05) is 9.13 Å². The van der Waals surface area contributed by atoms with Gasteiger partial charge in [-0.3, -0.25) is 9.13 Å². The topological polar surface area (TPSA) is 85.0 Å². The van der Waals surface area contributed by atoms with Crippen molar-refractivity contribution < 1.29 is 5.11 Å². The predicted octanol–water partition coefficient (Wildman–Crippen LogP) is 3.13. The summed E-state index contributed by atoms with van der Waals surface area (Å²) in [6, 6.07) is 0.188. The fourth-order valence-electron chi connectivity index (χ4n) is 5.50. The molecule has 2 bridgehead atoms. The van der Waals surface area contributed by atoms with Crippen LogP contribution in [0.1, 0.15) is 78.5 Å². The van der Waals surface area contributed by atoms with Gasteiger partial charge in [0.05, 0.1) is 11.6 Å². The quantitative estimate of drug-likeness (QED) is 0.828. The van der Waals surface area contributed by atoms with Crippen molar-refractivity contribution in [1.29, 1.82) is 0 Å². The third-order valence-electron chi connectivity index (χ3n) is 7.70. The molecule has 3 fully saturated rings. The van der Waals surface area contributed by atoms with E-state index in [-0.39, 0.29) is 22.6 Å². The summed E-state index contributed by atoms with van der Waals surface area (Å²) < 4.78 is 3.69. The van der Waals surface area contributed by atoms with Gasteiger partial charge in [-0.2, -0.15) is 0 Å². The molecule has 0 aromatic carbocycles. The molecule has 29 heavy (non-hydrogen) atoms. The molecule has 6 rings (SSSR count). The second-order valence-corrected chi connectivity index (χ2v) is 10.7. The highest BCUT2D eigenvalue weighted by Crippen LogP contribution is 2.53. The number of nitrogens with one attached hydrogen (secondary N) is 1. The van der Waals surface area contributed by atoms with Crippen LogP contribution in [-0.4, -0.2) is 35.9 Å². The molecule has 3 aliphatic carbocycles. The summed E-state index contributed by atoms with van der Waals surface area (Å²) in [5, 5.41) is 14.2. The maximum absolute atomic E-state index is 13.3. The lowest BCUT2D eigenvalue weighted by Gasteiger charge is -2.49. The van der Waals surface area contributed by atoms with Crippen LogP contribution in [0.5, 0.6) is 0 Å². The van der Waals surface area contributed by atoms with Crippen LogP contribution in [0.25, 0.3) is 11.5 Å². The lowest BCUT2D eigenvalue weighted by Crippen LogP contribution is -2.48. The molecular weight excluding hydrogens is 366 g/mol. The van der Waals surface area contributed by atoms with Crippen molar-refractivity contribution in [3.63, 3.8) is 0 Å². The van der Waals surface area contributed by atoms with E-state index in [1.165, 1.54) is 0 Å². The van der Waals surface area contributed by atoms with E-state index in [2.05, 4.69) is 33.0 Å². The van der Waals surface area contributed by atoms with Crippen molar-refractivity contribution >= 4 is 5.82 Å². The smallest absolute Gasteiger partial charge is 0.331 e. The number of imidazole rings is 1. The SMILES string of the molecule is CCCn1c2nc(C34CCC(O)(CC3)CC4)nc-2c2n(c1=O)C[C@@H](C(C)(C)C)N2. The second-order valence-electron chi connectivity index (χ2n) is 10.7. The van der Waals surface area contributed by atoms with Gasteiger partial charge in [0, 0.05) is 18.5 Å². The molecule has 0 radical (unpaired) electrons. The van der Waals surface area contributed by atoms with Gasteiger partial charge in [0.1, 0.15) is 17.3 Å². The first-order valence-electron chi connectivity index (χ1n) is 11.2. The summed E-state index contributed by atoms with van der Waals surface area (Å²) in [6.07, 6.45) is 6.18. The molecule has 0 amide bonds. The van der Waals surface area contributed by atoms with Crippen molar-refractivity contribution in [2.75, 3.05) is 5.32 Å². The van der Waals surface area contributed by atoms with Gasteiger partial charge >= 0.3 is 5.69 Å². The highest BCUT2D eigenvalue weighted by Gasteiger charge is 2.51. The lowest BCUT2D eigenvalue weighted by molar-refractivity contribution is -0.0677. The predicted molar refractivity (Wildman–Crippen MR) is 112 cm³/mol. The van der Waals surface area contributed by atoms with E-state index in [9.17, 15) is 9.90 Å². The fraction of sp³-hybridized carbons (Fsp3) is 0.773. The molecule has 2 N–H and O–H groups in total. The average Bonchev–Trinajstić information content (AvgIpc) is 3.31. The Morgan fingerprint density at radius 1 is 1.14 bits per heavy atom. The number of aromatic nitrogens is 4. The van der Waals surface area contributed by atoms with Crippen molar-refractivity contribution in [3.05, 3.63) is 16.3 Å². The summed E-state index contributed by atoms with van der Waals surface area (Å²) >= 11 is 0. The Balaban J connectivity index is 1.65. The van der Waals surface area contributed by atoms with Crippen molar-refractivity contribution in [1.82, 2.24) is 19.1 Å². The number of rotatable bonds is 3. The normalized spacial score (nSPS) is 31.3. The summed E-state index contributed by atoms with van der Waals surface area (Å²) in [5.74, 6) is 2.44. The Hall–Kier alpha value is -1.89. The van der Waals surface area contributed by atoms with Crippen LogP contribution < -0.4 is 11.0 Å². The fourth-order valence-corrected chi connectivity index (χ4v) is 5.50. The molecule has 0 aromatic rings.